The molecule has 0 amide bonds. The van der Waals surface area contributed by atoms with E-state index in [1.807, 2.05) is 11.3 Å². The van der Waals surface area contributed by atoms with Gasteiger partial charge in [-0.05, 0) is 43.6 Å². The Bertz CT molecular complexity index is 453. The van der Waals surface area contributed by atoms with Gasteiger partial charge >= 0.3 is 0 Å². The lowest BCUT2D eigenvalue weighted by Crippen LogP contribution is -2.49. The molecule has 3 heteroatoms. The molecule has 1 atom stereocenters. The van der Waals surface area contributed by atoms with E-state index in [0.717, 1.165) is 19.3 Å². The first-order chi connectivity index (χ1) is 8.84. The van der Waals surface area contributed by atoms with Crippen molar-refractivity contribution in [2.45, 2.75) is 62.9 Å². The van der Waals surface area contributed by atoms with Gasteiger partial charge in [0.05, 0.1) is 6.07 Å². The van der Waals surface area contributed by atoms with Gasteiger partial charge in [-0.15, -0.1) is 11.3 Å². The molecule has 0 bridgehead atoms. The summed E-state index contributed by atoms with van der Waals surface area (Å²) in [6.45, 7) is 0. The highest BCUT2D eigenvalue weighted by molar-refractivity contribution is 7.10. The van der Waals surface area contributed by atoms with Crippen molar-refractivity contribution in [2.24, 2.45) is 0 Å². The molecule has 1 fully saturated rings. The van der Waals surface area contributed by atoms with Gasteiger partial charge in [0, 0.05) is 16.5 Å². The number of hydrogen-bond donors (Lipinski definition) is 1. The highest BCUT2D eigenvalue weighted by Crippen LogP contribution is 2.39. The van der Waals surface area contributed by atoms with Crippen molar-refractivity contribution >= 4 is 11.3 Å². The van der Waals surface area contributed by atoms with E-state index in [4.69, 9.17) is 0 Å². The van der Waals surface area contributed by atoms with Gasteiger partial charge in [0.1, 0.15) is 5.54 Å². The van der Waals surface area contributed by atoms with E-state index < -0.39 is 5.54 Å². The Labute approximate surface area is 113 Å². The molecule has 1 aromatic rings. The third-order valence-electron chi connectivity index (χ3n) is 4.41. The Morgan fingerprint density at radius 3 is 2.89 bits per heavy atom. The molecule has 3 rings (SSSR count). The average Bonchev–Trinajstić information content (AvgIpc) is 2.90. The number of fused-ring (bicyclic) bond motifs is 1. The van der Waals surface area contributed by atoms with Crippen LogP contribution in [0.5, 0.6) is 0 Å². The molecule has 0 saturated heterocycles. The molecular formula is C15H20N2S. The highest BCUT2D eigenvalue weighted by atomic mass is 32.1. The van der Waals surface area contributed by atoms with E-state index in [1.165, 1.54) is 42.5 Å². The molecule has 0 spiro atoms. The van der Waals surface area contributed by atoms with Crippen LogP contribution in [0.3, 0.4) is 0 Å². The van der Waals surface area contributed by atoms with Crippen molar-refractivity contribution < 1.29 is 0 Å². The van der Waals surface area contributed by atoms with Crippen molar-refractivity contribution in [2.75, 3.05) is 0 Å². The minimum absolute atomic E-state index is 0.393. The summed E-state index contributed by atoms with van der Waals surface area (Å²) in [6.07, 6.45) is 9.74. The normalized spacial score (nSPS) is 28.6. The summed E-state index contributed by atoms with van der Waals surface area (Å²) in [5.41, 5.74) is 0.877. The van der Waals surface area contributed by atoms with Gasteiger partial charge in [-0.2, -0.15) is 5.26 Å². The zero-order valence-corrected chi connectivity index (χ0v) is 11.6. The fraction of sp³-hybridized carbons (Fsp3) is 0.667. The lowest BCUT2D eigenvalue weighted by molar-refractivity contribution is 0.273. The topological polar surface area (TPSA) is 35.8 Å². The Morgan fingerprint density at radius 1 is 1.28 bits per heavy atom. The maximum absolute atomic E-state index is 9.73. The molecule has 2 aliphatic rings. The van der Waals surface area contributed by atoms with Gasteiger partial charge in [-0.25, -0.2) is 0 Å². The summed E-state index contributed by atoms with van der Waals surface area (Å²) < 4.78 is 0. The third kappa shape index (κ3) is 2.08. The number of nitrogens with one attached hydrogen (secondary N) is 1. The largest absolute Gasteiger partial charge is 0.293 e. The number of aryl methyl sites for hydroxylation is 1. The van der Waals surface area contributed by atoms with Gasteiger partial charge in [-0.3, -0.25) is 5.32 Å². The highest BCUT2D eigenvalue weighted by Gasteiger charge is 2.39. The zero-order valence-electron chi connectivity index (χ0n) is 10.7. The number of rotatable bonds is 2. The molecule has 1 N–H and O–H groups in total. The van der Waals surface area contributed by atoms with Crippen LogP contribution in [0, 0.1) is 11.3 Å². The maximum Gasteiger partial charge on any atom is 0.133 e. The van der Waals surface area contributed by atoms with Crippen LogP contribution in [0.25, 0.3) is 0 Å². The third-order valence-corrected chi connectivity index (χ3v) is 5.39. The summed E-state index contributed by atoms with van der Waals surface area (Å²) in [7, 11) is 0. The van der Waals surface area contributed by atoms with Crippen LogP contribution in [-0.4, -0.2) is 6.04 Å². The first-order valence-corrected chi connectivity index (χ1v) is 7.98. The predicted molar refractivity (Wildman–Crippen MR) is 74.6 cm³/mol. The zero-order chi connectivity index (χ0) is 12.4. The number of nitrogens with zero attached hydrogens (tertiary/aromatic N) is 1. The van der Waals surface area contributed by atoms with Crippen molar-refractivity contribution in [1.82, 2.24) is 5.32 Å². The van der Waals surface area contributed by atoms with Gasteiger partial charge in [0.25, 0.3) is 0 Å². The summed E-state index contributed by atoms with van der Waals surface area (Å²) in [4.78, 5) is 1.42. The molecule has 2 nitrogen and oxygen atoms in total. The summed E-state index contributed by atoms with van der Waals surface area (Å²) in [5, 5.41) is 15.6. The second-order valence-corrected chi connectivity index (χ2v) is 6.61. The first kappa shape index (κ1) is 12.2. The molecule has 1 saturated carbocycles. The quantitative estimate of drug-likeness (QED) is 0.879. The molecule has 1 aromatic heterocycles. The van der Waals surface area contributed by atoms with E-state index in [2.05, 4.69) is 22.8 Å². The summed E-state index contributed by atoms with van der Waals surface area (Å²) in [6, 6.07) is 5.31. The maximum atomic E-state index is 9.73. The van der Waals surface area contributed by atoms with Gasteiger partial charge in [0.2, 0.25) is 0 Å². The lowest BCUT2D eigenvalue weighted by Gasteiger charge is -2.37. The summed E-state index contributed by atoms with van der Waals surface area (Å²) in [5.74, 6) is 0. The van der Waals surface area contributed by atoms with Crippen LogP contribution in [0.2, 0.25) is 0 Å². The van der Waals surface area contributed by atoms with Crippen LogP contribution < -0.4 is 5.32 Å². The monoisotopic (exact) mass is 260 g/mol. The smallest absolute Gasteiger partial charge is 0.133 e. The van der Waals surface area contributed by atoms with Gasteiger partial charge < -0.3 is 0 Å². The molecule has 18 heavy (non-hydrogen) atoms. The van der Waals surface area contributed by atoms with Crippen LogP contribution in [0.15, 0.2) is 11.4 Å². The number of thiophene rings is 1. The van der Waals surface area contributed by atoms with Crippen molar-refractivity contribution in [3.05, 3.63) is 21.9 Å². The van der Waals surface area contributed by atoms with E-state index in [0.29, 0.717) is 6.04 Å². The molecule has 0 radical (unpaired) electrons. The van der Waals surface area contributed by atoms with Crippen molar-refractivity contribution in [1.29, 1.82) is 5.26 Å². The van der Waals surface area contributed by atoms with Crippen LogP contribution in [-0.2, 0) is 12.0 Å². The van der Waals surface area contributed by atoms with Crippen LogP contribution in [0.4, 0.5) is 0 Å². The minimum Gasteiger partial charge on any atom is -0.293 e. The molecule has 0 aliphatic heterocycles. The van der Waals surface area contributed by atoms with Gasteiger partial charge in [0.15, 0.2) is 0 Å². The van der Waals surface area contributed by atoms with E-state index in [-0.39, 0.29) is 0 Å². The average molecular weight is 260 g/mol. The van der Waals surface area contributed by atoms with E-state index >= 15 is 0 Å². The fourth-order valence-electron chi connectivity index (χ4n) is 3.46. The molecule has 1 heterocycles. The Kier molecular flexibility index (Phi) is 3.41. The fourth-order valence-corrected chi connectivity index (χ4v) is 4.46. The molecule has 96 valence electrons. The van der Waals surface area contributed by atoms with Crippen LogP contribution in [0.1, 0.15) is 55.4 Å². The number of nitriles is 1. The second-order valence-electron chi connectivity index (χ2n) is 5.61. The Morgan fingerprint density at radius 2 is 2.11 bits per heavy atom. The first-order valence-electron chi connectivity index (χ1n) is 7.10. The molecule has 2 aliphatic carbocycles. The minimum atomic E-state index is -0.393. The molecule has 0 aromatic carbocycles. The molecular weight excluding hydrogens is 240 g/mol. The second kappa shape index (κ2) is 5.03. The van der Waals surface area contributed by atoms with Crippen molar-refractivity contribution in [3.63, 3.8) is 0 Å². The standard InChI is InChI=1S/C15H20N2S/c16-11-15(17-12-5-2-1-3-6-12)9-4-7-14-13(15)8-10-18-14/h8,10,12,17H,1-7,9H2. The Hall–Kier alpha value is -0.850. The molecule has 1 unspecified atom stereocenters. The Balaban J connectivity index is 1.85. The van der Waals surface area contributed by atoms with E-state index in [9.17, 15) is 5.26 Å². The van der Waals surface area contributed by atoms with E-state index in [1.54, 1.807) is 0 Å². The van der Waals surface area contributed by atoms with Crippen LogP contribution >= 0.6 is 11.3 Å². The van der Waals surface area contributed by atoms with Gasteiger partial charge in [-0.1, -0.05) is 19.3 Å². The number of hydrogen-bond acceptors (Lipinski definition) is 3. The predicted octanol–water partition coefficient (Wildman–Crippen LogP) is 3.73. The van der Waals surface area contributed by atoms with Crippen molar-refractivity contribution in [3.8, 4) is 6.07 Å². The SMILES string of the molecule is N#CC1(NC2CCCCC2)CCCc2sccc21. The lowest BCUT2D eigenvalue weighted by atomic mass is 9.79. The summed E-state index contributed by atoms with van der Waals surface area (Å²) >= 11 is 1.81.